The maximum atomic E-state index is 11.2. The summed E-state index contributed by atoms with van der Waals surface area (Å²) in [6.45, 7) is 4.34. The molecule has 4 heteroatoms. The molecule has 4 nitrogen and oxygen atoms in total. The Hall–Kier alpha value is -0.610. The lowest BCUT2D eigenvalue weighted by molar-refractivity contribution is -0.122. The molecule has 3 N–H and O–H groups in total. The summed E-state index contributed by atoms with van der Waals surface area (Å²) < 4.78 is 0. The lowest BCUT2D eigenvalue weighted by Crippen LogP contribution is -2.45. The van der Waals surface area contributed by atoms with E-state index in [4.69, 9.17) is 5.73 Å². The van der Waals surface area contributed by atoms with Crippen molar-refractivity contribution in [1.29, 1.82) is 0 Å². The highest BCUT2D eigenvalue weighted by Crippen LogP contribution is 2.20. The van der Waals surface area contributed by atoms with Crippen LogP contribution < -0.4 is 11.1 Å². The third-order valence-electron chi connectivity index (χ3n) is 3.58. The zero-order valence-corrected chi connectivity index (χ0v) is 9.24. The molecule has 0 bridgehead atoms. The van der Waals surface area contributed by atoms with E-state index in [1.54, 1.807) is 0 Å². The van der Waals surface area contributed by atoms with Gasteiger partial charge in [0.25, 0.3) is 0 Å². The molecule has 0 saturated carbocycles. The van der Waals surface area contributed by atoms with Crippen LogP contribution in [0, 0.1) is 5.92 Å². The average Bonchev–Trinajstić information content (AvgIpc) is 2.67. The second-order valence-electron chi connectivity index (χ2n) is 4.77. The van der Waals surface area contributed by atoms with Crippen LogP contribution >= 0.6 is 0 Å². The highest BCUT2D eigenvalue weighted by Gasteiger charge is 2.30. The van der Waals surface area contributed by atoms with E-state index in [1.807, 2.05) is 0 Å². The summed E-state index contributed by atoms with van der Waals surface area (Å²) >= 11 is 0. The normalized spacial score (nSPS) is 33.1. The summed E-state index contributed by atoms with van der Waals surface area (Å²) in [4.78, 5) is 13.5. The molecule has 86 valence electrons. The van der Waals surface area contributed by atoms with Crippen molar-refractivity contribution in [3.63, 3.8) is 0 Å². The second kappa shape index (κ2) is 4.94. The number of carbonyl (C=O) groups excluding carboxylic acids is 1. The van der Waals surface area contributed by atoms with Crippen LogP contribution in [0.1, 0.15) is 25.7 Å². The number of nitrogens with one attached hydrogen (secondary N) is 1. The number of carbonyl (C=O) groups is 1. The number of piperidine rings is 1. The molecule has 0 aromatic heterocycles. The molecule has 2 aliphatic heterocycles. The molecule has 1 amide bonds. The van der Waals surface area contributed by atoms with Gasteiger partial charge >= 0.3 is 0 Å². The molecular weight excluding hydrogens is 190 g/mol. The van der Waals surface area contributed by atoms with Crippen molar-refractivity contribution >= 4 is 5.91 Å². The van der Waals surface area contributed by atoms with Gasteiger partial charge in [-0.05, 0) is 51.2 Å². The minimum atomic E-state index is -0.142. The highest BCUT2D eigenvalue weighted by molar-refractivity contribution is 5.80. The standard InChI is InChI=1S/C11H21N3O/c12-11(15)10-4-2-6-14(10)8-9-3-1-5-13-7-9/h9-10,13H,1-8H2,(H2,12,15). The van der Waals surface area contributed by atoms with Gasteiger partial charge in [-0.1, -0.05) is 0 Å². The van der Waals surface area contributed by atoms with Crippen LogP contribution in [0.25, 0.3) is 0 Å². The van der Waals surface area contributed by atoms with Crippen molar-refractivity contribution in [3.8, 4) is 0 Å². The SMILES string of the molecule is NC(=O)C1CCCN1CC1CCCNC1. The fraction of sp³-hybridized carbons (Fsp3) is 0.909. The van der Waals surface area contributed by atoms with Crippen LogP contribution in [0.15, 0.2) is 0 Å². The third kappa shape index (κ3) is 2.69. The summed E-state index contributed by atoms with van der Waals surface area (Å²) in [5, 5.41) is 3.41. The number of likely N-dealkylation sites (tertiary alicyclic amines) is 1. The van der Waals surface area contributed by atoms with Gasteiger partial charge in [-0.15, -0.1) is 0 Å². The van der Waals surface area contributed by atoms with Crippen LogP contribution in [0.2, 0.25) is 0 Å². The molecule has 0 aromatic carbocycles. The number of primary amides is 1. The number of rotatable bonds is 3. The fourth-order valence-corrected chi connectivity index (χ4v) is 2.78. The van der Waals surface area contributed by atoms with E-state index >= 15 is 0 Å². The molecule has 2 saturated heterocycles. The zero-order valence-electron chi connectivity index (χ0n) is 9.24. The molecule has 2 fully saturated rings. The van der Waals surface area contributed by atoms with Crippen LogP contribution in [0.4, 0.5) is 0 Å². The largest absolute Gasteiger partial charge is 0.368 e. The van der Waals surface area contributed by atoms with Gasteiger partial charge < -0.3 is 11.1 Å². The Kier molecular flexibility index (Phi) is 3.59. The first kappa shape index (κ1) is 10.9. The Morgan fingerprint density at radius 1 is 1.40 bits per heavy atom. The van der Waals surface area contributed by atoms with Crippen molar-refractivity contribution < 1.29 is 4.79 Å². The van der Waals surface area contributed by atoms with E-state index < -0.39 is 0 Å². The van der Waals surface area contributed by atoms with E-state index in [0.717, 1.165) is 39.0 Å². The van der Waals surface area contributed by atoms with Gasteiger partial charge in [-0.2, -0.15) is 0 Å². The Balaban J connectivity index is 1.84. The smallest absolute Gasteiger partial charge is 0.234 e. The number of nitrogens with zero attached hydrogens (tertiary/aromatic N) is 1. The van der Waals surface area contributed by atoms with Gasteiger partial charge in [0, 0.05) is 6.54 Å². The number of hydrogen-bond acceptors (Lipinski definition) is 3. The molecule has 0 aromatic rings. The highest BCUT2D eigenvalue weighted by atomic mass is 16.1. The first-order valence-corrected chi connectivity index (χ1v) is 6.01. The van der Waals surface area contributed by atoms with Crippen molar-refractivity contribution in [2.45, 2.75) is 31.7 Å². The molecular formula is C11H21N3O. The monoisotopic (exact) mass is 211 g/mol. The Bertz CT molecular complexity index is 226. The predicted molar refractivity (Wildman–Crippen MR) is 59.4 cm³/mol. The summed E-state index contributed by atoms with van der Waals surface area (Å²) in [5.41, 5.74) is 5.40. The number of nitrogens with two attached hydrogens (primary N) is 1. The molecule has 2 unspecified atom stereocenters. The zero-order chi connectivity index (χ0) is 10.7. The van der Waals surface area contributed by atoms with E-state index in [9.17, 15) is 4.79 Å². The van der Waals surface area contributed by atoms with Gasteiger partial charge in [0.15, 0.2) is 0 Å². The van der Waals surface area contributed by atoms with Crippen molar-refractivity contribution in [3.05, 3.63) is 0 Å². The van der Waals surface area contributed by atoms with E-state index in [0.29, 0.717) is 5.92 Å². The van der Waals surface area contributed by atoms with Crippen molar-refractivity contribution in [2.75, 3.05) is 26.2 Å². The maximum absolute atomic E-state index is 11.2. The van der Waals surface area contributed by atoms with Crippen LogP contribution in [-0.2, 0) is 4.79 Å². The average molecular weight is 211 g/mol. The lowest BCUT2D eigenvalue weighted by Gasteiger charge is -2.29. The van der Waals surface area contributed by atoms with Gasteiger partial charge in [0.05, 0.1) is 6.04 Å². The first-order chi connectivity index (χ1) is 7.27. The van der Waals surface area contributed by atoms with Gasteiger partial charge in [-0.3, -0.25) is 9.69 Å². The fourth-order valence-electron chi connectivity index (χ4n) is 2.78. The van der Waals surface area contributed by atoms with E-state index in [-0.39, 0.29) is 11.9 Å². The topological polar surface area (TPSA) is 58.4 Å². The molecule has 2 heterocycles. The molecule has 2 aliphatic rings. The molecule has 0 spiro atoms. The summed E-state index contributed by atoms with van der Waals surface area (Å²) in [5.74, 6) is 0.565. The minimum Gasteiger partial charge on any atom is -0.368 e. The van der Waals surface area contributed by atoms with E-state index in [1.165, 1.54) is 12.8 Å². The first-order valence-electron chi connectivity index (χ1n) is 6.01. The predicted octanol–water partition coefficient (Wildman–Crippen LogP) is -0.0643. The summed E-state index contributed by atoms with van der Waals surface area (Å²) in [6, 6.07) is 0.00641. The number of hydrogen-bond donors (Lipinski definition) is 2. The maximum Gasteiger partial charge on any atom is 0.234 e. The Labute approximate surface area is 91.2 Å². The second-order valence-corrected chi connectivity index (χ2v) is 4.77. The van der Waals surface area contributed by atoms with Gasteiger partial charge in [0.2, 0.25) is 5.91 Å². The van der Waals surface area contributed by atoms with Crippen LogP contribution in [0.5, 0.6) is 0 Å². The minimum absolute atomic E-state index is 0.00641. The lowest BCUT2D eigenvalue weighted by atomic mass is 9.99. The van der Waals surface area contributed by atoms with E-state index in [2.05, 4.69) is 10.2 Å². The van der Waals surface area contributed by atoms with Gasteiger partial charge in [0.1, 0.15) is 0 Å². The molecule has 0 radical (unpaired) electrons. The Morgan fingerprint density at radius 2 is 2.27 bits per heavy atom. The molecule has 2 atom stereocenters. The quantitative estimate of drug-likeness (QED) is 0.687. The van der Waals surface area contributed by atoms with Crippen molar-refractivity contribution in [2.24, 2.45) is 11.7 Å². The Morgan fingerprint density at radius 3 is 2.93 bits per heavy atom. The van der Waals surface area contributed by atoms with Crippen LogP contribution in [0.3, 0.4) is 0 Å². The summed E-state index contributed by atoms with van der Waals surface area (Å²) in [6.07, 6.45) is 4.62. The molecule has 2 rings (SSSR count). The van der Waals surface area contributed by atoms with Gasteiger partial charge in [-0.25, -0.2) is 0 Å². The van der Waals surface area contributed by atoms with Crippen molar-refractivity contribution in [1.82, 2.24) is 10.2 Å². The number of amides is 1. The molecule has 15 heavy (non-hydrogen) atoms. The molecule has 0 aliphatic carbocycles. The van der Waals surface area contributed by atoms with Crippen LogP contribution in [-0.4, -0.2) is 43.0 Å². The summed E-state index contributed by atoms with van der Waals surface area (Å²) in [7, 11) is 0. The third-order valence-corrected chi connectivity index (χ3v) is 3.58.